The van der Waals surface area contributed by atoms with Crippen LogP contribution in [0.5, 0.6) is 0 Å². The zero-order chi connectivity index (χ0) is 51.7. The third-order valence-electron chi connectivity index (χ3n) is 14.8. The number of likely N-dealkylation sites (tertiary alicyclic amines) is 2. The minimum absolute atomic E-state index is 0.0821. The van der Waals surface area contributed by atoms with Crippen molar-refractivity contribution in [2.75, 3.05) is 12.0 Å². The lowest BCUT2D eigenvalue weighted by atomic mass is 9.66. The molecule has 0 aromatic heterocycles. The summed E-state index contributed by atoms with van der Waals surface area (Å²) in [4.78, 5) is 62.6. The van der Waals surface area contributed by atoms with Crippen molar-refractivity contribution in [3.05, 3.63) is 139 Å². The number of hydrogen-bond acceptors (Lipinski definition) is 9. The number of esters is 2. The minimum Gasteiger partial charge on any atom is -0.393 e. The first-order valence-electron chi connectivity index (χ1n) is 23.6. The molecule has 2 amide bonds. The van der Waals surface area contributed by atoms with E-state index in [2.05, 4.69) is 0 Å². The molecule has 6 rings (SSSR count). The van der Waals surface area contributed by atoms with Gasteiger partial charge in [-0.15, -0.1) is 0 Å². The zero-order valence-electron chi connectivity index (χ0n) is 40.7. The molecule has 4 aromatic carbocycles. The van der Waals surface area contributed by atoms with E-state index in [1.807, 2.05) is 19.1 Å². The standard InChI is InChI=1S/C53H62Cl4N2O9S2/c1-9-44(32(4)69(8,64)65)58-48(34-18-22-38(54)23-19-34)42(36-14-12-16-40(56)26-36)28-52(6,50(58)62)30-46(60)68-47(61)31-53(7)29-43(37-15-13-17-41(57)27-37)49(35-20-24-39(55)25-21-35)59(51(53)63)45(10-2)33(5)70(66,67)11-3/h12-27,32-33,42-45,48-49H,9-11,28-31H2,1-8H3. The van der Waals surface area contributed by atoms with Crippen LogP contribution in [0.2, 0.25) is 20.1 Å². The fraction of sp³-hybridized carbons (Fsp3) is 0.472. The van der Waals surface area contributed by atoms with Crippen LogP contribution in [-0.2, 0) is 43.6 Å². The molecule has 0 bridgehead atoms. The molecule has 10 unspecified atom stereocenters. The van der Waals surface area contributed by atoms with Gasteiger partial charge in [-0.05, 0) is 110 Å². The maximum atomic E-state index is 15.4. The molecule has 4 aromatic rings. The Morgan fingerprint density at radius 3 is 1.30 bits per heavy atom. The van der Waals surface area contributed by atoms with Crippen molar-refractivity contribution < 1.29 is 40.8 Å². The lowest BCUT2D eigenvalue weighted by molar-refractivity contribution is -0.172. The van der Waals surface area contributed by atoms with Crippen LogP contribution in [0.3, 0.4) is 0 Å². The largest absolute Gasteiger partial charge is 0.393 e. The Labute approximate surface area is 433 Å². The first-order chi connectivity index (χ1) is 32.8. The Balaban J connectivity index is 1.39. The number of carbonyl (C=O) groups excluding carboxylic acids is 4. The molecule has 11 nitrogen and oxygen atoms in total. The van der Waals surface area contributed by atoms with Gasteiger partial charge in [0.15, 0.2) is 19.7 Å². The van der Waals surface area contributed by atoms with Crippen molar-refractivity contribution in [3.8, 4) is 0 Å². The number of ether oxygens (including phenoxy) is 1. The Bertz CT molecular complexity index is 2810. The summed E-state index contributed by atoms with van der Waals surface area (Å²) in [5, 5.41) is -0.191. The molecule has 17 heteroatoms. The second-order valence-corrected chi connectivity index (χ2v) is 26.4. The van der Waals surface area contributed by atoms with E-state index in [9.17, 15) is 26.4 Å². The molecule has 0 saturated carbocycles. The van der Waals surface area contributed by atoms with Crippen LogP contribution >= 0.6 is 46.4 Å². The van der Waals surface area contributed by atoms with Gasteiger partial charge in [0.1, 0.15) is 0 Å². The Morgan fingerprint density at radius 2 is 0.971 bits per heavy atom. The number of halogens is 4. The molecule has 2 fully saturated rings. The van der Waals surface area contributed by atoms with Crippen LogP contribution < -0.4 is 0 Å². The quantitative estimate of drug-likeness (QED) is 0.0743. The van der Waals surface area contributed by atoms with Gasteiger partial charge < -0.3 is 14.5 Å². The van der Waals surface area contributed by atoms with E-state index >= 15 is 9.59 Å². The fourth-order valence-electron chi connectivity index (χ4n) is 11.0. The van der Waals surface area contributed by atoms with Gasteiger partial charge in [0.05, 0.1) is 46.3 Å². The molecular weight excluding hydrogens is 1010 g/mol. The molecule has 2 aliphatic rings. The Morgan fingerprint density at radius 1 is 0.600 bits per heavy atom. The number of amides is 2. The van der Waals surface area contributed by atoms with Crippen LogP contribution in [0.4, 0.5) is 0 Å². The first-order valence-corrected chi connectivity index (χ1v) is 28.8. The monoisotopic (exact) mass is 1070 g/mol. The summed E-state index contributed by atoms with van der Waals surface area (Å²) < 4.78 is 59.4. The van der Waals surface area contributed by atoms with E-state index in [0.29, 0.717) is 31.2 Å². The molecule has 378 valence electrons. The third-order valence-corrected chi connectivity index (χ3v) is 19.6. The average Bonchev–Trinajstić information content (AvgIpc) is 3.29. The molecular formula is C53H62Cl4N2O9S2. The maximum Gasteiger partial charge on any atom is 0.314 e. The summed E-state index contributed by atoms with van der Waals surface area (Å²) in [5.41, 5.74) is -0.172. The van der Waals surface area contributed by atoms with E-state index in [-0.39, 0.29) is 31.4 Å². The van der Waals surface area contributed by atoms with E-state index in [1.165, 1.54) is 0 Å². The summed E-state index contributed by atoms with van der Waals surface area (Å²) in [6, 6.07) is 25.3. The van der Waals surface area contributed by atoms with Gasteiger partial charge in [0.25, 0.3) is 0 Å². The first kappa shape index (κ1) is 55.3. The molecule has 10 atom stereocenters. The second-order valence-electron chi connectivity index (χ2n) is 19.6. The number of hydrogen-bond donors (Lipinski definition) is 0. The number of nitrogens with zero attached hydrogens (tertiary/aromatic N) is 2. The smallest absolute Gasteiger partial charge is 0.314 e. The summed E-state index contributed by atoms with van der Waals surface area (Å²) in [6.07, 6.45) is 0.689. The molecule has 0 radical (unpaired) electrons. The molecule has 70 heavy (non-hydrogen) atoms. The summed E-state index contributed by atoms with van der Waals surface area (Å²) >= 11 is 25.9. The molecule has 0 N–H and O–H groups in total. The SMILES string of the molecule is CCC(C(C)S(C)(=O)=O)N1C(=O)C(C)(CC(=O)OC(=O)CC2(C)CC(c3cccc(Cl)c3)C(c3ccc(Cl)cc3)N(C(CC)C(C)S(=O)(=O)CC)C2=O)CC(c2cccc(Cl)c2)C1c1ccc(Cl)cc1. The van der Waals surface area contributed by atoms with E-state index in [1.54, 1.807) is 136 Å². The van der Waals surface area contributed by atoms with Crippen molar-refractivity contribution in [1.29, 1.82) is 0 Å². The van der Waals surface area contributed by atoms with Crippen LogP contribution in [0, 0.1) is 10.8 Å². The molecule has 0 spiro atoms. The second kappa shape index (κ2) is 22.0. The van der Waals surface area contributed by atoms with Gasteiger partial charge in [0, 0.05) is 56.0 Å². The van der Waals surface area contributed by atoms with E-state index in [0.717, 1.165) is 17.4 Å². The summed E-state index contributed by atoms with van der Waals surface area (Å²) in [5.74, 6) is -4.22. The van der Waals surface area contributed by atoms with Crippen molar-refractivity contribution in [3.63, 3.8) is 0 Å². The fourth-order valence-corrected chi connectivity index (χ4v) is 13.8. The Hall–Kier alpha value is -3.98. The molecule has 2 saturated heterocycles. The highest BCUT2D eigenvalue weighted by atomic mass is 35.5. The lowest BCUT2D eigenvalue weighted by Crippen LogP contribution is -2.59. The minimum atomic E-state index is -3.70. The zero-order valence-corrected chi connectivity index (χ0v) is 45.4. The molecule has 2 aliphatic heterocycles. The van der Waals surface area contributed by atoms with Gasteiger partial charge >= 0.3 is 11.9 Å². The van der Waals surface area contributed by atoms with E-state index in [4.69, 9.17) is 51.1 Å². The van der Waals surface area contributed by atoms with Gasteiger partial charge in [-0.1, -0.05) is 130 Å². The third kappa shape index (κ3) is 11.8. The summed E-state index contributed by atoms with van der Waals surface area (Å²) in [7, 11) is -7.40. The van der Waals surface area contributed by atoms with Gasteiger partial charge in [-0.25, -0.2) is 16.8 Å². The highest BCUT2D eigenvalue weighted by Crippen LogP contribution is 2.55. The highest BCUT2D eigenvalue weighted by Gasteiger charge is 2.56. The lowest BCUT2D eigenvalue weighted by Gasteiger charge is -2.53. The summed E-state index contributed by atoms with van der Waals surface area (Å²) in [6.45, 7) is 11.6. The number of sulfone groups is 2. The van der Waals surface area contributed by atoms with Crippen LogP contribution in [-0.4, -0.2) is 85.0 Å². The van der Waals surface area contributed by atoms with Crippen molar-refractivity contribution in [1.82, 2.24) is 9.80 Å². The predicted octanol–water partition coefficient (Wildman–Crippen LogP) is 11.8. The number of benzene rings is 4. The molecule has 0 aliphatic carbocycles. The van der Waals surface area contributed by atoms with Gasteiger partial charge in [-0.3, -0.25) is 19.2 Å². The maximum absolute atomic E-state index is 15.4. The van der Waals surface area contributed by atoms with Crippen molar-refractivity contribution >= 4 is 89.8 Å². The highest BCUT2D eigenvalue weighted by molar-refractivity contribution is 7.92. The molecule has 2 heterocycles. The Kier molecular flexibility index (Phi) is 17.4. The topological polar surface area (TPSA) is 152 Å². The number of carbonyl (C=O) groups is 4. The van der Waals surface area contributed by atoms with Crippen molar-refractivity contribution in [2.24, 2.45) is 10.8 Å². The number of rotatable bonds is 17. The average molecular weight is 1080 g/mol. The van der Waals surface area contributed by atoms with Gasteiger partial charge in [0.2, 0.25) is 11.8 Å². The van der Waals surface area contributed by atoms with Gasteiger partial charge in [-0.2, -0.15) is 0 Å². The normalized spacial score (nSPS) is 25.0. The predicted molar refractivity (Wildman–Crippen MR) is 278 cm³/mol. The van der Waals surface area contributed by atoms with Crippen LogP contribution in [0.25, 0.3) is 0 Å². The number of piperidine rings is 2. The van der Waals surface area contributed by atoms with Crippen LogP contribution in [0.1, 0.15) is 133 Å². The van der Waals surface area contributed by atoms with Crippen LogP contribution in [0.15, 0.2) is 97.1 Å². The van der Waals surface area contributed by atoms with Crippen molar-refractivity contribution in [2.45, 2.75) is 133 Å². The van der Waals surface area contributed by atoms with E-state index < -0.39 is 114 Å².